The monoisotopic (exact) mass is 378 g/mol. The molecule has 6 nitrogen and oxygen atoms in total. The van der Waals surface area contributed by atoms with Gasteiger partial charge in [0.2, 0.25) is 5.75 Å². The molecule has 0 radical (unpaired) electrons. The second kappa shape index (κ2) is 7.88. The second-order valence-electron chi connectivity index (χ2n) is 4.87. The molecule has 0 amide bonds. The van der Waals surface area contributed by atoms with Gasteiger partial charge in [-0.25, -0.2) is 0 Å². The number of phenols is 1. The number of ether oxygens (including phenoxy) is 1. The van der Waals surface area contributed by atoms with Crippen LogP contribution in [-0.2, 0) is 0 Å². The number of phenolic OH excluding ortho intramolecular Hbond substituents is 1. The van der Waals surface area contributed by atoms with Gasteiger partial charge in [-0.1, -0.05) is 29.3 Å². The molecule has 0 aliphatic carbocycles. The number of hydrogen-bond donors (Lipinski definition) is 1. The number of aromatic hydroxyl groups is 1. The lowest BCUT2D eigenvalue weighted by Crippen LogP contribution is -1.96. The topological polar surface area (TPSA) is 96.4 Å². The molecule has 0 saturated carbocycles. The van der Waals surface area contributed by atoms with Crippen molar-refractivity contribution in [2.75, 3.05) is 6.61 Å². The van der Waals surface area contributed by atoms with Crippen molar-refractivity contribution in [2.24, 2.45) is 0 Å². The molecule has 8 heteroatoms. The van der Waals surface area contributed by atoms with E-state index in [1.807, 2.05) is 6.07 Å². The summed E-state index contributed by atoms with van der Waals surface area (Å²) in [4.78, 5) is 10.4. The lowest BCUT2D eigenvalue weighted by molar-refractivity contribution is -0.386. The van der Waals surface area contributed by atoms with Crippen LogP contribution in [0.3, 0.4) is 0 Å². The first-order chi connectivity index (χ1) is 11.9. The SMILES string of the molecule is CCOc1cc(/C=C(\C#N)c2ccc(Cl)cc2Cl)cc([N+](=O)[O-])c1O. The van der Waals surface area contributed by atoms with Gasteiger partial charge in [-0.2, -0.15) is 5.26 Å². The average Bonchev–Trinajstić information content (AvgIpc) is 2.55. The predicted molar refractivity (Wildman–Crippen MR) is 95.9 cm³/mol. The molecular formula is C17H12Cl2N2O4. The molecule has 0 heterocycles. The van der Waals surface area contributed by atoms with Crippen LogP contribution < -0.4 is 4.74 Å². The van der Waals surface area contributed by atoms with Gasteiger partial charge in [0.15, 0.2) is 5.75 Å². The summed E-state index contributed by atoms with van der Waals surface area (Å²) in [6.45, 7) is 1.90. The molecule has 2 rings (SSSR count). The number of nitriles is 1. The number of nitro groups is 1. The van der Waals surface area contributed by atoms with Gasteiger partial charge < -0.3 is 9.84 Å². The van der Waals surface area contributed by atoms with Crippen LogP contribution in [0.15, 0.2) is 30.3 Å². The van der Waals surface area contributed by atoms with Crippen LogP contribution in [0.4, 0.5) is 5.69 Å². The van der Waals surface area contributed by atoms with Crippen molar-refractivity contribution < 1.29 is 14.8 Å². The number of nitro benzene ring substituents is 1. The molecule has 0 atom stereocenters. The summed E-state index contributed by atoms with van der Waals surface area (Å²) in [5.41, 5.74) is 0.415. The number of benzene rings is 2. The van der Waals surface area contributed by atoms with Crippen molar-refractivity contribution in [3.05, 3.63) is 61.6 Å². The van der Waals surface area contributed by atoms with Gasteiger partial charge >= 0.3 is 5.69 Å². The standard InChI is InChI=1S/C17H12Cl2N2O4/c1-2-25-16-7-10(6-15(17(16)22)21(23)24)5-11(9-20)13-4-3-12(18)8-14(13)19/h3-8,22H,2H2,1H3/b11-5+. The fourth-order valence-electron chi connectivity index (χ4n) is 2.15. The third kappa shape index (κ3) is 4.21. The summed E-state index contributed by atoms with van der Waals surface area (Å²) in [5.74, 6) is -0.602. The Kier molecular flexibility index (Phi) is 5.86. The van der Waals surface area contributed by atoms with E-state index in [0.717, 1.165) is 6.07 Å². The number of hydrogen-bond acceptors (Lipinski definition) is 5. The summed E-state index contributed by atoms with van der Waals surface area (Å²) < 4.78 is 5.22. The zero-order chi connectivity index (χ0) is 18.6. The largest absolute Gasteiger partial charge is 0.500 e. The van der Waals surface area contributed by atoms with Crippen LogP contribution in [0.2, 0.25) is 10.0 Å². The highest BCUT2D eigenvalue weighted by molar-refractivity contribution is 6.36. The van der Waals surface area contributed by atoms with Gasteiger partial charge in [0.05, 0.1) is 28.2 Å². The van der Waals surface area contributed by atoms with Gasteiger partial charge in [-0.05, 0) is 36.8 Å². The van der Waals surface area contributed by atoms with Crippen molar-refractivity contribution in [3.63, 3.8) is 0 Å². The molecule has 0 saturated heterocycles. The molecule has 0 bridgehead atoms. The smallest absolute Gasteiger partial charge is 0.315 e. The Bertz CT molecular complexity index is 904. The molecule has 0 spiro atoms. The number of halogens is 2. The Morgan fingerprint density at radius 1 is 1.40 bits per heavy atom. The van der Waals surface area contributed by atoms with Crippen LogP contribution >= 0.6 is 23.2 Å². The summed E-state index contributed by atoms with van der Waals surface area (Å²) in [5, 5.41) is 31.1. The van der Waals surface area contributed by atoms with E-state index in [1.54, 1.807) is 19.1 Å². The highest BCUT2D eigenvalue weighted by Gasteiger charge is 2.20. The van der Waals surface area contributed by atoms with Gasteiger partial charge in [0.25, 0.3) is 0 Å². The fourth-order valence-corrected chi connectivity index (χ4v) is 2.66. The van der Waals surface area contributed by atoms with E-state index in [9.17, 15) is 20.5 Å². The summed E-state index contributed by atoms with van der Waals surface area (Å²) in [6.07, 6.45) is 1.42. The minimum absolute atomic E-state index is 0.0394. The molecule has 0 fully saturated rings. The normalized spacial score (nSPS) is 11.0. The molecule has 0 unspecified atom stereocenters. The molecule has 2 aromatic carbocycles. The molecule has 0 aliphatic rings. The Labute approximate surface area is 153 Å². The van der Waals surface area contributed by atoms with Gasteiger partial charge in [-0.3, -0.25) is 10.1 Å². The van der Waals surface area contributed by atoms with Crippen molar-refractivity contribution >= 4 is 40.5 Å². The predicted octanol–water partition coefficient (Wildman–Crippen LogP) is 5.07. The average molecular weight is 379 g/mol. The molecule has 25 heavy (non-hydrogen) atoms. The first-order valence-electron chi connectivity index (χ1n) is 7.08. The molecule has 0 aromatic heterocycles. The Hall–Kier alpha value is -2.75. The van der Waals surface area contributed by atoms with Crippen molar-refractivity contribution in [3.8, 4) is 17.6 Å². The van der Waals surface area contributed by atoms with Crippen molar-refractivity contribution in [1.82, 2.24) is 0 Å². The Balaban J connectivity index is 2.61. The molecule has 0 aliphatic heterocycles. The molecule has 2 aromatic rings. The lowest BCUT2D eigenvalue weighted by Gasteiger charge is -2.08. The van der Waals surface area contributed by atoms with E-state index in [1.165, 1.54) is 18.2 Å². The zero-order valence-corrected chi connectivity index (χ0v) is 14.5. The molecule has 128 valence electrons. The minimum atomic E-state index is -0.726. The highest BCUT2D eigenvalue weighted by atomic mass is 35.5. The minimum Gasteiger partial charge on any atom is -0.500 e. The number of nitrogens with zero attached hydrogens (tertiary/aromatic N) is 2. The third-order valence-electron chi connectivity index (χ3n) is 3.23. The second-order valence-corrected chi connectivity index (χ2v) is 5.71. The van der Waals surface area contributed by atoms with Crippen LogP contribution in [0, 0.1) is 21.4 Å². The molecular weight excluding hydrogens is 367 g/mol. The fraction of sp³-hybridized carbons (Fsp3) is 0.118. The Morgan fingerprint density at radius 3 is 2.68 bits per heavy atom. The maximum Gasteiger partial charge on any atom is 0.315 e. The lowest BCUT2D eigenvalue weighted by atomic mass is 10.0. The Morgan fingerprint density at radius 2 is 2.12 bits per heavy atom. The van der Waals surface area contributed by atoms with E-state index >= 15 is 0 Å². The highest BCUT2D eigenvalue weighted by Crippen LogP contribution is 2.38. The van der Waals surface area contributed by atoms with Crippen LogP contribution in [-0.4, -0.2) is 16.6 Å². The quantitative estimate of drug-likeness (QED) is 0.339. The van der Waals surface area contributed by atoms with Crippen LogP contribution in [0.25, 0.3) is 11.6 Å². The van der Waals surface area contributed by atoms with E-state index in [4.69, 9.17) is 27.9 Å². The third-order valence-corrected chi connectivity index (χ3v) is 3.77. The van der Waals surface area contributed by atoms with Crippen LogP contribution in [0.5, 0.6) is 11.5 Å². The van der Waals surface area contributed by atoms with Gasteiger partial charge in [-0.15, -0.1) is 0 Å². The van der Waals surface area contributed by atoms with E-state index in [2.05, 4.69) is 0 Å². The van der Waals surface area contributed by atoms with E-state index < -0.39 is 16.4 Å². The van der Waals surface area contributed by atoms with Crippen LogP contribution in [0.1, 0.15) is 18.1 Å². The van der Waals surface area contributed by atoms with Gasteiger partial charge in [0, 0.05) is 16.7 Å². The van der Waals surface area contributed by atoms with Crippen molar-refractivity contribution in [1.29, 1.82) is 5.26 Å². The van der Waals surface area contributed by atoms with E-state index in [-0.39, 0.29) is 23.0 Å². The van der Waals surface area contributed by atoms with Crippen molar-refractivity contribution in [2.45, 2.75) is 6.92 Å². The summed E-state index contributed by atoms with van der Waals surface area (Å²) in [6, 6.07) is 9.22. The maximum absolute atomic E-state index is 11.1. The first-order valence-corrected chi connectivity index (χ1v) is 7.84. The zero-order valence-electron chi connectivity index (χ0n) is 13.0. The van der Waals surface area contributed by atoms with Gasteiger partial charge in [0.1, 0.15) is 0 Å². The number of allylic oxidation sites excluding steroid dienone is 1. The summed E-state index contributed by atoms with van der Waals surface area (Å²) >= 11 is 12.0. The molecule has 1 N–H and O–H groups in total. The first kappa shape index (κ1) is 18.6. The summed E-state index contributed by atoms with van der Waals surface area (Å²) in [7, 11) is 0. The van der Waals surface area contributed by atoms with E-state index in [0.29, 0.717) is 16.1 Å². The maximum atomic E-state index is 11.1. The number of rotatable bonds is 5.